The van der Waals surface area contributed by atoms with Crippen molar-refractivity contribution in [2.45, 2.75) is 36.7 Å². The standard InChI is InChI=1S/C11H12F2O7S/c1-10(18-9(15)11(12,13)21-20-19-16)4-2-5-6(3-4)8(14)17-7(5)10/h4-7,16H,2-3H2,1H3. The largest absolute Gasteiger partial charge is 0.458 e. The molecular formula is C11H12F2O7S. The van der Waals surface area contributed by atoms with Crippen LogP contribution < -0.4 is 0 Å². The molecule has 3 fully saturated rings. The summed E-state index contributed by atoms with van der Waals surface area (Å²) in [6.45, 7) is 1.50. The second kappa shape index (κ2) is 4.77. The Balaban J connectivity index is 1.73. The van der Waals surface area contributed by atoms with Gasteiger partial charge in [0, 0.05) is 11.8 Å². The van der Waals surface area contributed by atoms with Crippen LogP contribution in [0, 0.1) is 17.8 Å². The molecule has 21 heavy (non-hydrogen) atoms. The van der Waals surface area contributed by atoms with Crippen molar-refractivity contribution in [3.63, 3.8) is 0 Å². The molecule has 0 aromatic rings. The van der Waals surface area contributed by atoms with Gasteiger partial charge in [0.25, 0.3) is 0 Å². The summed E-state index contributed by atoms with van der Waals surface area (Å²) in [5, 5.41) is 6.84. The Bertz CT molecular complexity index is 487. The van der Waals surface area contributed by atoms with Gasteiger partial charge in [-0.2, -0.15) is 8.78 Å². The van der Waals surface area contributed by atoms with Crippen LogP contribution in [0.15, 0.2) is 0 Å². The maximum Gasteiger partial charge on any atom is 0.415 e. The van der Waals surface area contributed by atoms with Crippen molar-refractivity contribution in [3.05, 3.63) is 0 Å². The fourth-order valence-corrected chi connectivity index (χ4v) is 3.94. The summed E-state index contributed by atoms with van der Waals surface area (Å²) in [4.78, 5) is 23.2. The molecule has 1 N–H and O–H groups in total. The van der Waals surface area contributed by atoms with Gasteiger partial charge in [-0.3, -0.25) is 4.79 Å². The highest BCUT2D eigenvalue weighted by atomic mass is 32.2. The molecular weight excluding hydrogens is 314 g/mol. The SMILES string of the molecule is CC1(OC(=O)C(F)(F)SOOO)C2CC3C(=O)OC1C3C2. The van der Waals surface area contributed by atoms with Crippen LogP contribution in [0.4, 0.5) is 8.78 Å². The Labute approximate surface area is 121 Å². The number of ether oxygens (including phenoxy) is 2. The van der Waals surface area contributed by atoms with E-state index in [1.54, 1.807) is 0 Å². The summed E-state index contributed by atoms with van der Waals surface area (Å²) >= 11 is -0.679. The molecule has 0 spiro atoms. The van der Waals surface area contributed by atoms with E-state index in [-0.39, 0.29) is 23.7 Å². The van der Waals surface area contributed by atoms with Crippen molar-refractivity contribution >= 4 is 24.0 Å². The highest BCUT2D eigenvalue weighted by Gasteiger charge is 2.70. The van der Waals surface area contributed by atoms with Gasteiger partial charge in [-0.05, 0) is 19.8 Å². The molecule has 2 aliphatic carbocycles. The molecule has 10 heteroatoms. The average molecular weight is 326 g/mol. The zero-order valence-corrected chi connectivity index (χ0v) is 11.6. The van der Waals surface area contributed by atoms with E-state index in [9.17, 15) is 18.4 Å². The quantitative estimate of drug-likeness (QED) is 0.352. The van der Waals surface area contributed by atoms with Crippen LogP contribution in [0.25, 0.3) is 0 Å². The van der Waals surface area contributed by atoms with Crippen LogP contribution >= 0.6 is 12.0 Å². The van der Waals surface area contributed by atoms with Gasteiger partial charge >= 0.3 is 17.2 Å². The minimum Gasteiger partial charge on any atom is -0.458 e. The van der Waals surface area contributed by atoms with Gasteiger partial charge in [0.1, 0.15) is 23.7 Å². The minimum absolute atomic E-state index is 0.0846. The van der Waals surface area contributed by atoms with E-state index in [1.165, 1.54) is 6.92 Å². The fraction of sp³-hybridized carbons (Fsp3) is 0.818. The first kappa shape index (κ1) is 14.9. The number of halogens is 2. The molecule has 0 radical (unpaired) electrons. The number of alkyl halides is 2. The molecule has 7 nitrogen and oxygen atoms in total. The van der Waals surface area contributed by atoms with E-state index in [0.29, 0.717) is 12.8 Å². The first-order chi connectivity index (χ1) is 9.79. The average Bonchev–Trinajstić information content (AvgIpc) is 3.02. The first-order valence-corrected chi connectivity index (χ1v) is 7.01. The Kier molecular flexibility index (Phi) is 3.39. The van der Waals surface area contributed by atoms with Crippen molar-refractivity contribution in [3.8, 4) is 0 Å². The molecule has 5 atom stereocenters. The van der Waals surface area contributed by atoms with Crippen LogP contribution in [-0.4, -0.2) is 34.2 Å². The van der Waals surface area contributed by atoms with Gasteiger partial charge in [0.05, 0.1) is 5.92 Å². The zero-order valence-electron chi connectivity index (χ0n) is 10.8. The van der Waals surface area contributed by atoms with Gasteiger partial charge in [0.15, 0.2) is 0 Å². The van der Waals surface area contributed by atoms with Crippen LogP contribution in [0.2, 0.25) is 0 Å². The molecule has 1 aliphatic heterocycles. The third-order valence-corrected chi connectivity index (χ3v) is 5.15. The molecule has 0 amide bonds. The maximum absolute atomic E-state index is 13.5. The predicted octanol–water partition coefficient (Wildman–Crippen LogP) is 1.53. The topological polar surface area (TPSA) is 91.3 Å². The predicted molar refractivity (Wildman–Crippen MR) is 61.4 cm³/mol. The van der Waals surface area contributed by atoms with Crippen LogP contribution in [0.5, 0.6) is 0 Å². The Morgan fingerprint density at radius 2 is 2.24 bits per heavy atom. The molecule has 3 aliphatic rings. The zero-order chi connectivity index (χ0) is 15.4. The molecule has 1 saturated heterocycles. The lowest BCUT2D eigenvalue weighted by Crippen LogP contribution is -2.50. The Hall–Kier alpha value is -0.970. The van der Waals surface area contributed by atoms with Gasteiger partial charge < -0.3 is 9.47 Å². The van der Waals surface area contributed by atoms with Crippen LogP contribution in [0.1, 0.15) is 19.8 Å². The molecule has 0 aromatic carbocycles. The number of fused-ring (bicyclic) bond motifs is 1. The van der Waals surface area contributed by atoms with E-state index in [0.717, 1.165) is 0 Å². The van der Waals surface area contributed by atoms with E-state index in [2.05, 4.69) is 9.37 Å². The van der Waals surface area contributed by atoms with E-state index >= 15 is 0 Å². The van der Waals surface area contributed by atoms with Gasteiger partial charge in [-0.25, -0.2) is 10.1 Å². The number of hydrogen-bond acceptors (Lipinski definition) is 8. The van der Waals surface area contributed by atoms with Crippen molar-refractivity contribution in [1.82, 2.24) is 0 Å². The summed E-state index contributed by atoms with van der Waals surface area (Å²) in [5.74, 6) is -2.68. The Morgan fingerprint density at radius 1 is 1.52 bits per heavy atom. The van der Waals surface area contributed by atoms with E-state index in [1.807, 2.05) is 0 Å². The second-order valence-corrected chi connectivity index (χ2v) is 6.43. The van der Waals surface area contributed by atoms with Crippen molar-refractivity contribution < 1.29 is 42.5 Å². The van der Waals surface area contributed by atoms with Gasteiger partial charge in [-0.1, -0.05) is 5.04 Å². The Morgan fingerprint density at radius 3 is 2.90 bits per heavy atom. The van der Waals surface area contributed by atoms with Crippen molar-refractivity contribution in [1.29, 1.82) is 0 Å². The lowest BCUT2D eigenvalue weighted by molar-refractivity contribution is -0.433. The summed E-state index contributed by atoms with van der Waals surface area (Å²) in [6, 6.07) is 0. The number of hydrogen-bond donors (Lipinski definition) is 1. The van der Waals surface area contributed by atoms with Gasteiger partial charge in [0.2, 0.25) is 0 Å². The van der Waals surface area contributed by atoms with Crippen LogP contribution in [-0.2, 0) is 28.4 Å². The lowest BCUT2D eigenvalue weighted by atomic mass is 9.80. The lowest BCUT2D eigenvalue weighted by Gasteiger charge is -2.36. The fourth-order valence-electron chi connectivity index (χ4n) is 3.71. The second-order valence-electron chi connectivity index (χ2n) is 5.61. The number of carbonyl (C=O) groups excluding carboxylic acids is 2. The minimum atomic E-state index is -4.06. The molecule has 2 bridgehead atoms. The molecule has 2 saturated carbocycles. The molecule has 0 aromatic heterocycles. The monoisotopic (exact) mass is 326 g/mol. The number of esters is 2. The summed E-state index contributed by atoms with van der Waals surface area (Å²) < 4.78 is 40.7. The van der Waals surface area contributed by atoms with E-state index < -0.39 is 35.0 Å². The number of rotatable bonds is 5. The van der Waals surface area contributed by atoms with Crippen LogP contribution in [0.3, 0.4) is 0 Å². The highest BCUT2D eigenvalue weighted by Crippen LogP contribution is 2.60. The molecule has 3 rings (SSSR count). The maximum atomic E-state index is 13.5. The van der Waals surface area contributed by atoms with Crippen molar-refractivity contribution in [2.24, 2.45) is 17.8 Å². The molecule has 118 valence electrons. The number of carbonyl (C=O) groups is 2. The summed E-state index contributed by atoms with van der Waals surface area (Å²) in [7, 11) is 0. The summed E-state index contributed by atoms with van der Waals surface area (Å²) in [6.07, 6.45) is 0.395. The third-order valence-electron chi connectivity index (χ3n) is 4.64. The van der Waals surface area contributed by atoms with Crippen molar-refractivity contribution in [2.75, 3.05) is 0 Å². The highest BCUT2D eigenvalue weighted by molar-refractivity contribution is 7.96. The smallest absolute Gasteiger partial charge is 0.415 e. The van der Waals surface area contributed by atoms with E-state index in [4.69, 9.17) is 14.7 Å². The van der Waals surface area contributed by atoms with Gasteiger partial charge in [-0.15, -0.1) is 4.33 Å². The third kappa shape index (κ3) is 2.12. The first-order valence-electron chi connectivity index (χ1n) is 6.27. The molecule has 5 unspecified atom stereocenters. The summed E-state index contributed by atoms with van der Waals surface area (Å²) in [5.41, 5.74) is -1.27. The molecule has 1 heterocycles. The normalized spacial score (nSPS) is 40.5.